The summed E-state index contributed by atoms with van der Waals surface area (Å²) >= 11 is 1.26. The van der Waals surface area contributed by atoms with Crippen molar-refractivity contribution in [2.45, 2.75) is 35.7 Å². The molecule has 2 aliphatic rings. The van der Waals surface area contributed by atoms with Crippen molar-refractivity contribution in [2.24, 2.45) is 0 Å². The fourth-order valence-corrected chi connectivity index (χ4v) is 6.87. The molecule has 1 aliphatic carbocycles. The number of aryl methyl sites for hydroxylation is 1. The van der Waals surface area contributed by atoms with Crippen molar-refractivity contribution in [3.8, 4) is 0 Å². The lowest BCUT2D eigenvalue weighted by molar-refractivity contribution is -0.906. The molecule has 1 aromatic carbocycles. The maximum Gasteiger partial charge on any atom is 0.252 e. The summed E-state index contributed by atoms with van der Waals surface area (Å²) in [7, 11) is -3.37. The number of piperazine rings is 1. The third-order valence-electron chi connectivity index (χ3n) is 5.85. The van der Waals surface area contributed by atoms with E-state index in [0.717, 1.165) is 19.3 Å². The molecule has 8 heteroatoms. The Morgan fingerprint density at radius 3 is 2.76 bits per heavy atom. The van der Waals surface area contributed by atoms with E-state index in [9.17, 15) is 13.5 Å². The molecule has 1 saturated heterocycles. The Morgan fingerprint density at radius 1 is 1.21 bits per heavy atom. The Bertz CT molecular complexity index is 893. The third kappa shape index (κ3) is 4.90. The number of rotatable bonds is 7. The molecule has 2 heterocycles. The van der Waals surface area contributed by atoms with Crippen LogP contribution in [0.4, 0.5) is 0 Å². The van der Waals surface area contributed by atoms with Gasteiger partial charge in [0.15, 0.2) is 0 Å². The highest BCUT2D eigenvalue weighted by molar-refractivity contribution is 7.91. The quantitative estimate of drug-likeness (QED) is 0.680. The second-order valence-corrected chi connectivity index (χ2v) is 11.0. The molecule has 0 unspecified atom stereocenters. The van der Waals surface area contributed by atoms with E-state index in [0.29, 0.717) is 43.5 Å². The van der Waals surface area contributed by atoms with Crippen molar-refractivity contribution in [2.75, 3.05) is 39.3 Å². The minimum Gasteiger partial charge on any atom is -0.385 e. The lowest BCUT2D eigenvalue weighted by Crippen LogP contribution is -3.15. The summed E-state index contributed by atoms with van der Waals surface area (Å²) in [6.07, 6.45) is 2.73. The Balaban J connectivity index is 1.24. The zero-order valence-corrected chi connectivity index (χ0v) is 18.1. The van der Waals surface area contributed by atoms with Gasteiger partial charge in [0.25, 0.3) is 10.0 Å². The number of ether oxygens (including phenoxy) is 1. The Kier molecular flexibility index (Phi) is 6.68. The van der Waals surface area contributed by atoms with Crippen molar-refractivity contribution >= 4 is 21.4 Å². The van der Waals surface area contributed by atoms with E-state index in [1.165, 1.54) is 27.4 Å². The van der Waals surface area contributed by atoms with E-state index in [1.807, 2.05) is 6.07 Å². The number of hydrogen-bond donors (Lipinski definition) is 2. The van der Waals surface area contributed by atoms with Crippen molar-refractivity contribution in [3.63, 3.8) is 0 Å². The van der Waals surface area contributed by atoms with E-state index in [1.54, 1.807) is 21.8 Å². The highest BCUT2D eigenvalue weighted by Gasteiger charge is 2.32. The second-order valence-electron chi connectivity index (χ2n) is 7.86. The number of aliphatic hydroxyl groups is 1. The number of quaternary nitrogens is 1. The zero-order chi connectivity index (χ0) is 20.3. The number of fused-ring (bicyclic) bond motifs is 1. The molecule has 2 atom stereocenters. The van der Waals surface area contributed by atoms with E-state index in [4.69, 9.17) is 4.74 Å². The largest absolute Gasteiger partial charge is 0.385 e. The molecule has 6 nitrogen and oxygen atoms in total. The van der Waals surface area contributed by atoms with Gasteiger partial charge in [-0.15, -0.1) is 11.3 Å². The van der Waals surface area contributed by atoms with Gasteiger partial charge >= 0.3 is 0 Å². The number of nitrogens with one attached hydrogen (secondary N) is 1. The first-order chi connectivity index (χ1) is 14.0. The first kappa shape index (κ1) is 21.0. The third-order valence-corrected chi connectivity index (χ3v) is 9.12. The van der Waals surface area contributed by atoms with Crippen LogP contribution in [0.1, 0.15) is 30.1 Å². The molecule has 2 N–H and O–H groups in total. The van der Waals surface area contributed by atoms with Crippen LogP contribution < -0.4 is 4.90 Å². The Labute approximate surface area is 176 Å². The van der Waals surface area contributed by atoms with Crippen molar-refractivity contribution < 1.29 is 23.2 Å². The van der Waals surface area contributed by atoms with E-state index >= 15 is 0 Å². The van der Waals surface area contributed by atoms with Crippen molar-refractivity contribution in [1.29, 1.82) is 0 Å². The predicted octanol–water partition coefficient (Wildman–Crippen LogP) is 1.09. The number of benzene rings is 1. The van der Waals surface area contributed by atoms with Crippen LogP contribution in [0.3, 0.4) is 0 Å². The molecule has 0 amide bonds. The molecule has 29 heavy (non-hydrogen) atoms. The van der Waals surface area contributed by atoms with Crippen molar-refractivity contribution in [3.05, 3.63) is 52.9 Å². The Hall–Kier alpha value is -1.29. The van der Waals surface area contributed by atoms with Gasteiger partial charge in [-0.3, -0.25) is 0 Å². The molecular weight excluding hydrogens is 408 g/mol. The average Bonchev–Trinajstić information content (AvgIpc) is 3.28. The van der Waals surface area contributed by atoms with Crippen molar-refractivity contribution in [1.82, 2.24) is 4.31 Å². The monoisotopic (exact) mass is 437 g/mol. The van der Waals surface area contributed by atoms with Crippen LogP contribution in [0.5, 0.6) is 0 Å². The molecule has 1 aromatic heterocycles. The SMILES string of the molecule is O=S(=O)(c1cccs1)N1CC[NH+](C[C@@H](O)CO[C@H]2CCCc3ccccc32)CC1. The lowest BCUT2D eigenvalue weighted by Gasteiger charge is -2.32. The lowest BCUT2D eigenvalue weighted by atomic mass is 9.89. The molecule has 0 radical (unpaired) electrons. The minimum absolute atomic E-state index is 0.0670. The molecule has 0 bridgehead atoms. The summed E-state index contributed by atoms with van der Waals surface area (Å²) in [5.74, 6) is 0. The van der Waals surface area contributed by atoms with Gasteiger partial charge in [-0.1, -0.05) is 30.3 Å². The van der Waals surface area contributed by atoms with Crippen LogP contribution in [0.25, 0.3) is 0 Å². The standard InChI is InChI=1S/C21H28N2O4S2/c24-18(16-27-20-8-3-6-17-5-1-2-7-19(17)20)15-22-10-12-23(13-11-22)29(25,26)21-9-4-14-28-21/h1-2,4-5,7,9,14,18,20,24H,3,6,8,10-13,15-16H2/p+1/t18-,20+/m1/s1. The van der Waals surface area contributed by atoms with Gasteiger partial charge in [0.05, 0.1) is 38.9 Å². The molecular formula is C21H29N2O4S2+. The van der Waals surface area contributed by atoms with Gasteiger partial charge in [-0.05, 0) is 41.8 Å². The summed E-state index contributed by atoms with van der Waals surface area (Å²) in [4.78, 5) is 1.22. The second kappa shape index (κ2) is 9.24. The summed E-state index contributed by atoms with van der Waals surface area (Å²) in [6, 6.07) is 11.8. The first-order valence-corrected chi connectivity index (χ1v) is 12.6. The number of thiophene rings is 1. The number of sulfonamides is 1. The van der Waals surface area contributed by atoms with Crippen LogP contribution in [0, 0.1) is 0 Å². The summed E-state index contributed by atoms with van der Waals surface area (Å²) in [5, 5.41) is 12.3. The fraction of sp³-hybridized carbons (Fsp3) is 0.524. The molecule has 2 aromatic rings. The first-order valence-electron chi connectivity index (χ1n) is 10.3. The maximum absolute atomic E-state index is 12.6. The Morgan fingerprint density at radius 2 is 2.00 bits per heavy atom. The van der Waals surface area contributed by atoms with Crippen LogP contribution in [-0.2, 0) is 21.2 Å². The summed E-state index contributed by atoms with van der Waals surface area (Å²) in [6.45, 7) is 3.28. The van der Waals surface area contributed by atoms with Gasteiger partial charge in [-0.2, -0.15) is 4.31 Å². The molecule has 158 valence electrons. The highest BCUT2D eigenvalue weighted by atomic mass is 32.2. The van der Waals surface area contributed by atoms with Gasteiger partial charge in [0.2, 0.25) is 0 Å². The van der Waals surface area contributed by atoms with Crippen LogP contribution in [-0.4, -0.2) is 63.3 Å². The molecule has 4 rings (SSSR count). The number of hydrogen-bond acceptors (Lipinski definition) is 5. The number of aliphatic hydroxyl groups excluding tert-OH is 1. The van der Waals surface area contributed by atoms with E-state index in [-0.39, 0.29) is 6.10 Å². The van der Waals surface area contributed by atoms with Gasteiger partial charge in [0.1, 0.15) is 16.9 Å². The van der Waals surface area contributed by atoms with Gasteiger partial charge < -0.3 is 14.7 Å². The van der Waals surface area contributed by atoms with E-state index < -0.39 is 16.1 Å². The zero-order valence-electron chi connectivity index (χ0n) is 16.5. The summed E-state index contributed by atoms with van der Waals surface area (Å²) in [5.41, 5.74) is 2.61. The van der Waals surface area contributed by atoms with Crippen LogP contribution in [0.15, 0.2) is 46.0 Å². The smallest absolute Gasteiger partial charge is 0.252 e. The topological polar surface area (TPSA) is 71.3 Å². The van der Waals surface area contributed by atoms with Crippen LogP contribution >= 0.6 is 11.3 Å². The van der Waals surface area contributed by atoms with E-state index in [2.05, 4.69) is 18.2 Å². The molecule has 0 spiro atoms. The molecule has 0 saturated carbocycles. The average molecular weight is 438 g/mol. The molecule has 1 fully saturated rings. The maximum atomic E-state index is 12.6. The van der Waals surface area contributed by atoms with Gasteiger partial charge in [-0.25, -0.2) is 8.42 Å². The van der Waals surface area contributed by atoms with Crippen LogP contribution in [0.2, 0.25) is 0 Å². The fourth-order valence-electron chi connectivity index (χ4n) is 4.29. The predicted molar refractivity (Wildman–Crippen MR) is 113 cm³/mol. The number of nitrogens with zero attached hydrogens (tertiary/aromatic N) is 1. The minimum atomic E-state index is -3.37. The summed E-state index contributed by atoms with van der Waals surface area (Å²) < 4.78 is 33.3. The highest BCUT2D eigenvalue weighted by Crippen LogP contribution is 2.32. The van der Waals surface area contributed by atoms with Gasteiger partial charge in [0, 0.05) is 0 Å². The molecule has 1 aliphatic heterocycles. The normalized spacial score (nSPS) is 22.3.